The zero-order valence-electron chi connectivity index (χ0n) is 7.46. The van der Waals surface area contributed by atoms with Gasteiger partial charge in [0.1, 0.15) is 4.75 Å². The van der Waals surface area contributed by atoms with Gasteiger partial charge in [-0.3, -0.25) is 4.21 Å². The standard InChI is InChI=1S/C9H13NOS/c1-8-3-5-9(7-10,6-4-8)12(2)11/h3H,4-6H2,1-2H3. The van der Waals surface area contributed by atoms with Gasteiger partial charge in [-0.05, 0) is 26.2 Å². The van der Waals surface area contributed by atoms with E-state index in [9.17, 15) is 4.21 Å². The Hall–Kier alpha value is -0.620. The van der Waals surface area contributed by atoms with Crippen LogP contribution in [0.3, 0.4) is 0 Å². The predicted octanol–water partition coefficient (Wildman–Crippen LogP) is 1.76. The first-order valence-electron chi connectivity index (χ1n) is 4.01. The molecule has 0 aliphatic heterocycles. The van der Waals surface area contributed by atoms with E-state index < -0.39 is 15.5 Å². The van der Waals surface area contributed by atoms with Crippen LogP contribution in [0.5, 0.6) is 0 Å². The highest BCUT2D eigenvalue weighted by Crippen LogP contribution is 2.31. The van der Waals surface area contributed by atoms with Gasteiger partial charge < -0.3 is 0 Å². The number of nitriles is 1. The zero-order chi connectivity index (χ0) is 9.19. The van der Waals surface area contributed by atoms with Gasteiger partial charge in [0, 0.05) is 17.1 Å². The number of hydrogen-bond donors (Lipinski definition) is 0. The van der Waals surface area contributed by atoms with Gasteiger partial charge in [0.15, 0.2) is 0 Å². The minimum Gasteiger partial charge on any atom is -0.258 e. The van der Waals surface area contributed by atoms with Crippen molar-refractivity contribution in [2.24, 2.45) is 0 Å². The molecule has 0 amide bonds. The molecule has 0 spiro atoms. The first kappa shape index (κ1) is 9.47. The van der Waals surface area contributed by atoms with Gasteiger partial charge in [-0.15, -0.1) is 0 Å². The van der Waals surface area contributed by atoms with Crippen molar-refractivity contribution in [2.75, 3.05) is 6.26 Å². The molecule has 0 saturated carbocycles. The van der Waals surface area contributed by atoms with Crippen LogP contribution in [0.1, 0.15) is 26.2 Å². The SMILES string of the molecule is CC1=CCC(C#N)(S(C)=O)CC1. The summed E-state index contributed by atoms with van der Waals surface area (Å²) < 4.78 is 10.7. The molecular weight excluding hydrogens is 170 g/mol. The first-order valence-corrected chi connectivity index (χ1v) is 5.57. The Balaban J connectivity index is 2.88. The highest BCUT2D eigenvalue weighted by Gasteiger charge is 2.35. The lowest BCUT2D eigenvalue weighted by atomic mass is 9.90. The van der Waals surface area contributed by atoms with E-state index >= 15 is 0 Å². The molecule has 1 aliphatic carbocycles. The maximum atomic E-state index is 11.3. The van der Waals surface area contributed by atoms with Gasteiger partial charge in [0.2, 0.25) is 0 Å². The molecule has 0 aromatic carbocycles. The minimum atomic E-state index is -1.03. The third-order valence-corrected chi connectivity index (χ3v) is 4.02. The van der Waals surface area contributed by atoms with Crippen LogP contribution in [0.25, 0.3) is 0 Å². The van der Waals surface area contributed by atoms with Gasteiger partial charge in [-0.25, -0.2) is 0 Å². The lowest BCUT2D eigenvalue weighted by Crippen LogP contribution is -2.33. The van der Waals surface area contributed by atoms with E-state index in [1.165, 1.54) is 5.57 Å². The molecule has 0 radical (unpaired) electrons. The fourth-order valence-corrected chi connectivity index (χ4v) is 2.21. The third kappa shape index (κ3) is 1.59. The van der Waals surface area contributed by atoms with E-state index in [-0.39, 0.29) is 0 Å². The number of nitrogens with zero attached hydrogens (tertiary/aromatic N) is 1. The highest BCUT2D eigenvalue weighted by molar-refractivity contribution is 7.86. The van der Waals surface area contributed by atoms with Crippen molar-refractivity contribution in [3.8, 4) is 6.07 Å². The third-order valence-electron chi connectivity index (χ3n) is 2.46. The van der Waals surface area contributed by atoms with Crippen molar-refractivity contribution < 1.29 is 4.21 Å². The average Bonchev–Trinajstić information content (AvgIpc) is 2.06. The van der Waals surface area contributed by atoms with E-state index in [2.05, 4.69) is 13.0 Å². The predicted molar refractivity (Wildman–Crippen MR) is 50.0 cm³/mol. The highest BCUT2D eigenvalue weighted by atomic mass is 32.2. The Morgan fingerprint density at radius 3 is 2.75 bits per heavy atom. The first-order chi connectivity index (χ1) is 5.60. The molecule has 0 heterocycles. The summed E-state index contributed by atoms with van der Waals surface area (Å²) in [6.07, 6.45) is 5.96. The summed E-state index contributed by atoms with van der Waals surface area (Å²) in [5.74, 6) is 0. The van der Waals surface area contributed by atoms with E-state index in [0.29, 0.717) is 6.42 Å². The Morgan fingerprint density at radius 1 is 1.75 bits per heavy atom. The minimum absolute atomic E-state index is 0.598. The largest absolute Gasteiger partial charge is 0.258 e. The van der Waals surface area contributed by atoms with Crippen LogP contribution < -0.4 is 0 Å². The Labute approximate surface area is 75.7 Å². The molecule has 0 aromatic rings. The van der Waals surface area contributed by atoms with E-state index in [0.717, 1.165) is 12.8 Å². The smallest absolute Gasteiger partial charge is 0.135 e. The monoisotopic (exact) mass is 183 g/mol. The van der Waals surface area contributed by atoms with Gasteiger partial charge in [-0.1, -0.05) is 11.6 Å². The van der Waals surface area contributed by atoms with Crippen LogP contribution in [0.2, 0.25) is 0 Å². The van der Waals surface area contributed by atoms with Crippen LogP contribution in [-0.2, 0) is 10.8 Å². The van der Waals surface area contributed by atoms with Gasteiger partial charge in [0.05, 0.1) is 6.07 Å². The molecule has 12 heavy (non-hydrogen) atoms. The lowest BCUT2D eigenvalue weighted by Gasteiger charge is -2.26. The van der Waals surface area contributed by atoms with Crippen LogP contribution in [0, 0.1) is 11.3 Å². The van der Waals surface area contributed by atoms with Crippen molar-refractivity contribution in [1.82, 2.24) is 0 Å². The maximum Gasteiger partial charge on any atom is 0.135 e. The normalized spacial score (nSPS) is 31.9. The van der Waals surface area contributed by atoms with Gasteiger partial charge in [-0.2, -0.15) is 5.26 Å². The molecule has 0 bridgehead atoms. The van der Waals surface area contributed by atoms with E-state index in [1.54, 1.807) is 6.26 Å². The summed E-state index contributed by atoms with van der Waals surface area (Å²) in [5.41, 5.74) is 1.31. The van der Waals surface area contributed by atoms with Crippen molar-refractivity contribution in [3.05, 3.63) is 11.6 Å². The maximum absolute atomic E-state index is 11.3. The fraction of sp³-hybridized carbons (Fsp3) is 0.667. The van der Waals surface area contributed by atoms with Crippen molar-refractivity contribution in [2.45, 2.75) is 30.9 Å². The van der Waals surface area contributed by atoms with Crippen LogP contribution in [-0.4, -0.2) is 15.2 Å². The molecule has 0 aromatic heterocycles. The second-order valence-corrected chi connectivity index (χ2v) is 5.00. The summed E-state index contributed by atoms with van der Waals surface area (Å²) in [6.45, 7) is 2.06. The summed E-state index contributed by atoms with van der Waals surface area (Å²) in [7, 11) is -1.03. The average molecular weight is 183 g/mol. The molecule has 2 nitrogen and oxygen atoms in total. The second kappa shape index (κ2) is 3.40. The molecular formula is C9H13NOS. The van der Waals surface area contributed by atoms with Crippen LogP contribution in [0.4, 0.5) is 0 Å². The van der Waals surface area contributed by atoms with Crippen molar-refractivity contribution in [3.63, 3.8) is 0 Å². The van der Waals surface area contributed by atoms with Crippen molar-refractivity contribution >= 4 is 10.8 Å². The Bertz CT molecular complexity index is 277. The van der Waals surface area contributed by atoms with Crippen LogP contribution >= 0.6 is 0 Å². The van der Waals surface area contributed by atoms with Crippen LogP contribution in [0.15, 0.2) is 11.6 Å². The lowest BCUT2D eigenvalue weighted by molar-refractivity contribution is 0.588. The molecule has 0 fully saturated rings. The van der Waals surface area contributed by atoms with E-state index in [4.69, 9.17) is 5.26 Å². The molecule has 1 aliphatic rings. The topological polar surface area (TPSA) is 40.9 Å². The summed E-state index contributed by atoms with van der Waals surface area (Å²) in [5, 5.41) is 8.93. The van der Waals surface area contributed by atoms with Crippen molar-refractivity contribution in [1.29, 1.82) is 5.26 Å². The molecule has 1 rings (SSSR count). The molecule has 2 unspecified atom stereocenters. The molecule has 2 atom stereocenters. The van der Waals surface area contributed by atoms with Gasteiger partial charge >= 0.3 is 0 Å². The number of hydrogen-bond acceptors (Lipinski definition) is 2. The Kier molecular flexibility index (Phi) is 2.69. The fourth-order valence-electron chi connectivity index (χ4n) is 1.37. The molecule has 0 saturated heterocycles. The number of allylic oxidation sites excluding steroid dienone is 2. The van der Waals surface area contributed by atoms with E-state index in [1.807, 2.05) is 6.08 Å². The number of rotatable bonds is 1. The molecule has 3 heteroatoms. The summed E-state index contributed by atoms with van der Waals surface area (Å²) in [6, 6.07) is 2.19. The molecule has 66 valence electrons. The van der Waals surface area contributed by atoms with Gasteiger partial charge in [0.25, 0.3) is 0 Å². The summed E-state index contributed by atoms with van der Waals surface area (Å²) >= 11 is 0. The Morgan fingerprint density at radius 2 is 2.42 bits per heavy atom. The summed E-state index contributed by atoms with van der Waals surface area (Å²) in [4.78, 5) is 0. The zero-order valence-corrected chi connectivity index (χ0v) is 8.28. The quantitative estimate of drug-likeness (QED) is 0.581. The second-order valence-electron chi connectivity index (χ2n) is 3.31. The molecule has 0 N–H and O–H groups in total.